The van der Waals surface area contributed by atoms with E-state index in [1.807, 2.05) is 18.2 Å². The number of hydrogen-bond acceptors (Lipinski definition) is 2. The van der Waals surface area contributed by atoms with Gasteiger partial charge in [-0.25, -0.2) is 0 Å². The van der Waals surface area contributed by atoms with Crippen molar-refractivity contribution in [2.45, 2.75) is 32.1 Å². The van der Waals surface area contributed by atoms with E-state index in [0.717, 1.165) is 37.7 Å². The highest BCUT2D eigenvalue weighted by Crippen LogP contribution is 2.22. The molecule has 0 bridgehead atoms. The van der Waals surface area contributed by atoms with Crippen molar-refractivity contribution in [2.24, 2.45) is 5.92 Å². The zero-order chi connectivity index (χ0) is 16.8. The molecule has 1 amide bonds. The Morgan fingerprint density at radius 2 is 1.96 bits per heavy atom. The summed E-state index contributed by atoms with van der Waals surface area (Å²) in [4.78, 5) is 15.9. The third-order valence-electron chi connectivity index (χ3n) is 5.37. The van der Waals surface area contributed by atoms with E-state index in [0.29, 0.717) is 12.5 Å². The second-order valence-corrected chi connectivity index (χ2v) is 7.64. The van der Waals surface area contributed by atoms with Crippen LogP contribution in [-0.4, -0.2) is 45.2 Å². The predicted molar refractivity (Wildman–Crippen MR) is 98.8 cm³/mol. The van der Waals surface area contributed by atoms with Crippen LogP contribution in [0.3, 0.4) is 0 Å². The Morgan fingerprint density at radius 3 is 2.67 bits per heavy atom. The van der Waals surface area contributed by atoms with Gasteiger partial charge in [-0.15, -0.1) is 0 Å². The molecule has 1 heterocycles. The number of rotatable bonds is 5. The fraction of sp³-hybridized carbons (Fsp3) is 0.632. The van der Waals surface area contributed by atoms with Crippen molar-refractivity contribution in [1.29, 1.82) is 0 Å². The molecule has 2 aliphatic rings. The molecular formula is C19H29ClN3O+. The number of halogens is 1. The maximum Gasteiger partial charge on any atom is 0.275 e. The lowest BCUT2D eigenvalue weighted by atomic mass is 9.89. The number of carbonyl (C=O) groups excluding carboxylic acids is 1. The van der Waals surface area contributed by atoms with Crippen LogP contribution < -0.4 is 15.1 Å². The number of benzene rings is 1. The number of hydrogen-bond donors (Lipinski definition) is 2. The minimum Gasteiger partial charge on any atom is -0.360 e. The second kappa shape index (κ2) is 8.72. The molecule has 3 rings (SSSR count). The van der Waals surface area contributed by atoms with E-state index in [4.69, 9.17) is 11.6 Å². The highest BCUT2D eigenvalue weighted by molar-refractivity contribution is 6.30. The highest BCUT2D eigenvalue weighted by Gasteiger charge is 2.23. The topological polar surface area (TPSA) is 36.8 Å². The molecule has 24 heavy (non-hydrogen) atoms. The van der Waals surface area contributed by atoms with Gasteiger partial charge in [0.2, 0.25) is 0 Å². The van der Waals surface area contributed by atoms with E-state index in [1.54, 1.807) is 0 Å². The van der Waals surface area contributed by atoms with Crippen LogP contribution in [0.25, 0.3) is 0 Å². The SMILES string of the molecule is O=C(C[NH+]1CCN(c2cccc(Cl)c2)CC1)NCC1CCCCC1. The maximum absolute atomic E-state index is 12.2. The highest BCUT2D eigenvalue weighted by atomic mass is 35.5. The third-order valence-corrected chi connectivity index (χ3v) is 5.60. The fourth-order valence-electron chi connectivity index (χ4n) is 3.87. The number of piperazine rings is 1. The van der Waals surface area contributed by atoms with Crippen molar-refractivity contribution in [3.63, 3.8) is 0 Å². The smallest absolute Gasteiger partial charge is 0.275 e. The molecule has 1 aliphatic heterocycles. The summed E-state index contributed by atoms with van der Waals surface area (Å²) in [6, 6.07) is 8.02. The van der Waals surface area contributed by atoms with Crippen LogP contribution in [-0.2, 0) is 4.79 Å². The molecule has 1 aliphatic carbocycles. The van der Waals surface area contributed by atoms with Crippen LogP contribution in [0.2, 0.25) is 5.02 Å². The summed E-state index contributed by atoms with van der Waals surface area (Å²) in [7, 11) is 0. The largest absolute Gasteiger partial charge is 0.360 e. The Kier molecular flexibility index (Phi) is 6.38. The zero-order valence-electron chi connectivity index (χ0n) is 14.4. The maximum atomic E-state index is 12.2. The molecule has 1 saturated carbocycles. The van der Waals surface area contributed by atoms with Crippen molar-refractivity contribution in [2.75, 3.05) is 44.2 Å². The third kappa shape index (κ3) is 5.12. The summed E-state index contributed by atoms with van der Waals surface area (Å²) < 4.78 is 0. The van der Waals surface area contributed by atoms with E-state index < -0.39 is 0 Å². The van der Waals surface area contributed by atoms with E-state index >= 15 is 0 Å². The molecule has 4 nitrogen and oxygen atoms in total. The molecule has 0 unspecified atom stereocenters. The molecule has 1 saturated heterocycles. The number of quaternary nitrogens is 1. The van der Waals surface area contributed by atoms with Gasteiger partial charge in [0.15, 0.2) is 6.54 Å². The van der Waals surface area contributed by atoms with Crippen LogP contribution in [0.1, 0.15) is 32.1 Å². The van der Waals surface area contributed by atoms with E-state index in [9.17, 15) is 4.79 Å². The quantitative estimate of drug-likeness (QED) is 0.848. The Bertz CT molecular complexity index is 537. The molecule has 132 valence electrons. The van der Waals surface area contributed by atoms with Gasteiger partial charge < -0.3 is 15.1 Å². The van der Waals surface area contributed by atoms with Crippen molar-refractivity contribution >= 4 is 23.2 Å². The first-order valence-corrected chi connectivity index (χ1v) is 9.69. The number of nitrogens with one attached hydrogen (secondary N) is 2. The number of amides is 1. The summed E-state index contributed by atoms with van der Waals surface area (Å²) in [5, 5.41) is 3.94. The average molecular weight is 351 g/mol. The van der Waals surface area contributed by atoms with E-state index in [-0.39, 0.29) is 5.91 Å². The monoisotopic (exact) mass is 350 g/mol. The molecule has 0 radical (unpaired) electrons. The summed E-state index contributed by atoms with van der Waals surface area (Å²) in [5.74, 6) is 0.921. The summed E-state index contributed by atoms with van der Waals surface area (Å²) >= 11 is 6.08. The molecule has 1 aromatic carbocycles. The molecule has 0 atom stereocenters. The van der Waals surface area contributed by atoms with Crippen LogP contribution >= 0.6 is 11.6 Å². The molecule has 5 heteroatoms. The van der Waals surface area contributed by atoms with Gasteiger partial charge in [0.1, 0.15) is 0 Å². The zero-order valence-corrected chi connectivity index (χ0v) is 15.2. The lowest BCUT2D eigenvalue weighted by molar-refractivity contribution is -0.892. The first kappa shape index (κ1) is 17.6. The first-order valence-electron chi connectivity index (χ1n) is 9.31. The number of carbonyl (C=O) groups is 1. The molecule has 0 aromatic heterocycles. The number of nitrogens with zero attached hydrogens (tertiary/aromatic N) is 1. The van der Waals surface area contributed by atoms with Crippen LogP contribution in [0.15, 0.2) is 24.3 Å². The molecule has 0 spiro atoms. The van der Waals surface area contributed by atoms with Crippen molar-refractivity contribution in [3.8, 4) is 0 Å². The Labute approximate surface area is 150 Å². The van der Waals surface area contributed by atoms with Crippen molar-refractivity contribution < 1.29 is 9.69 Å². The van der Waals surface area contributed by atoms with E-state index in [1.165, 1.54) is 42.7 Å². The van der Waals surface area contributed by atoms with Gasteiger partial charge in [0, 0.05) is 17.3 Å². The van der Waals surface area contributed by atoms with Crippen LogP contribution in [0, 0.1) is 5.92 Å². The molecule has 2 fully saturated rings. The Morgan fingerprint density at radius 1 is 1.21 bits per heavy atom. The normalized spacial score (nSPS) is 20.1. The number of anilines is 1. The lowest BCUT2D eigenvalue weighted by Crippen LogP contribution is -3.16. The van der Waals surface area contributed by atoms with Gasteiger partial charge in [-0.1, -0.05) is 36.9 Å². The Hall–Kier alpha value is -1.26. The van der Waals surface area contributed by atoms with Gasteiger partial charge in [0.05, 0.1) is 26.2 Å². The van der Waals surface area contributed by atoms with Gasteiger partial charge in [-0.2, -0.15) is 0 Å². The first-order chi connectivity index (χ1) is 11.7. The van der Waals surface area contributed by atoms with Gasteiger partial charge in [-0.3, -0.25) is 4.79 Å². The molecule has 1 aromatic rings. The van der Waals surface area contributed by atoms with Gasteiger partial charge in [-0.05, 0) is 37.0 Å². The summed E-state index contributed by atoms with van der Waals surface area (Å²) in [6.07, 6.45) is 6.59. The van der Waals surface area contributed by atoms with E-state index in [2.05, 4.69) is 16.3 Å². The van der Waals surface area contributed by atoms with Crippen LogP contribution in [0.5, 0.6) is 0 Å². The Balaban J connectivity index is 1.38. The second-order valence-electron chi connectivity index (χ2n) is 7.20. The fourth-order valence-corrected chi connectivity index (χ4v) is 4.05. The minimum absolute atomic E-state index is 0.215. The van der Waals surface area contributed by atoms with Gasteiger partial charge in [0.25, 0.3) is 5.91 Å². The van der Waals surface area contributed by atoms with Crippen molar-refractivity contribution in [3.05, 3.63) is 29.3 Å². The average Bonchev–Trinajstić information content (AvgIpc) is 2.61. The predicted octanol–water partition coefficient (Wildman–Crippen LogP) is 1.74. The van der Waals surface area contributed by atoms with Crippen LogP contribution in [0.4, 0.5) is 5.69 Å². The lowest BCUT2D eigenvalue weighted by Gasteiger charge is -2.33. The molecule has 2 N–H and O–H groups in total. The van der Waals surface area contributed by atoms with Gasteiger partial charge >= 0.3 is 0 Å². The summed E-state index contributed by atoms with van der Waals surface area (Å²) in [6.45, 7) is 5.45. The minimum atomic E-state index is 0.215. The van der Waals surface area contributed by atoms with Crippen molar-refractivity contribution in [1.82, 2.24) is 5.32 Å². The standard InChI is InChI=1S/C19H28ClN3O/c20-17-7-4-8-18(13-17)23-11-9-22(10-12-23)15-19(24)21-14-16-5-2-1-3-6-16/h4,7-8,13,16H,1-3,5-6,9-12,14-15H2,(H,21,24)/p+1. The molecular weight excluding hydrogens is 322 g/mol. The summed E-state index contributed by atoms with van der Waals surface area (Å²) in [5.41, 5.74) is 1.18.